The van der Waals surface area contributed by atoms with E-state index < -0.39 is 18.2 Å². The van der Waals surface area contributed by atoms with E-state index in [1.165, 1.54) is 0 Å². The number of nitrogens with zero attached hydrogens (tertiary/aromatic N) is 1. The second-order valence-corrected chi connectivity index (χ2v) is 8.67. The molecule has 0 radical (unpaired) electrons. The van der Waals surface area contributed by atoms with Gasteiger partial charge in [0, 0.05) is 21.7 Å². The first-order chi connectivity index (χ1) is 16.3. The number of aliphatic hydroxyl groups is 1. The predicted molar refractivity (Wildman–Crippen MR) is 132 cm³/mol. The van der Waals surface area contributed by atoms with Crippen molar-refractivity contribution in [3.05, 3.63) is 64.3 Å². The summed E-state index contributed by atoms with van der Waals surface area (Å²) in [5.41, 5.74) is 2.90. The Bertz CT molecular complexity index is 1160. The Morgan fingerprint density at radius 3 is 2.53 bits per heavy atom. The molecule has 7 nitrogen and oxygen atoms in total. The average molecular weight is 487 g/mol. The summed E-state index contributed by atoms with van der Waals surface area (Å²) in [6, 6.07) is 11.7. The van der Waals surface area contributed by atoms with Gasteiger partial charge in [-0.1, -0.05) is 37.1 Å². The molecular weight excluding hydrogens is 456 g/mol. The fourth-order valence-corrected chi connectivity index (χ4v) is 4.02. The molecule has 1 aromatic heterocycles. The van der Waals surface area contributed by atoms with Crippen LogP contribution >= 0.6 is 11.6 Å². The summed E-state index contributed by atoms with van der Waals surface area (Å²) in [6.45, 7) is 5.81. The molecule has 3 aromatic rings. The van der Waals surface area contributed by atoms with E-state index in [1.54, 1.807) is 42.9 Å². The number of amides is 1. The van der Waals surface area contributed by atoms with Crippen LogP contribution in [0.25, 0.3) is 10.9 Å². The van der Waals surface area contributed by atoms with E-state index in [4.69, 9.17) is 21.1 Å². The van der Waals surface area contributed by atoms with E-state index in [2.05, 4.69) is 5.32 Å². The molecule has 0 aliphatic carbocycles. The van der Waals surface area contributed by atoms with Gasteiger partial charge in [0.2, 0.25) is 5.91 Å². The molecule has 8 heteroatoms. The lowest BCUT2D eigenvalue weighted by Gasteiger charge is -2.17. The van der Waals surface area contributed by atoms with E-state index in [9.17, 15) is 14.7 Å². The maximum Gasteiger partial charge on any atom is 0.328 e. The van der Waals surface area contributed by atoms with Crippen molar-refractivity contribution in [3.63, 3.8) is 0 Å². The molecule has 0 bridgehead atoms. The lowest BCUT2D eigenvalue weighted by molar-refractivity contribution is -0.147. The third kappa shape index (κ3) is 5.72. The number of carbonyl (C=O) groups excluding carboxylic acids is 2. The third-order valence-corrected chi connectivity index (χ3v) is 6.06. The molecule has 34 heavy (non-hydrogen) atoms. The first-order valence-electron chi connectivity index (χ1n) is 11.3. The minimum Gasteiger partial charge on any atom is -0.497 e. The van der Waals surface area contributed by atoms with Crippen molar-refractivity contribution in [2.75, 3.05) is 13.7 Å². The van der Waals surface area contributed by atoms with Crippen LogP contribution in [0.15, 0.2) is 42.5 Å². The topological polar surface area (TPSA) is 89.8 Å². The van der Waals surface area contributed by atoms with Crippen molar-refractivity contribution in [1.82, 2.24) is 9.88 Å². The van der Waals surface area contributed by atoms with Crippen LogP contribution < -0.4 is 10.1 Å². The summed E-state index contributed by atoms with van der Waals surface area (Å²) in [7, 11) is 1.58. The zero-order chi connectivity index (χ0) is 24.8. The van der Waals surface area contributed by atoms with Crippen molar-refractivity contribution in [2.24, 2.45) is 0 Å². The van der Waals surface area contributed by atoms with Crippen LogP contribution in [-0.4, -0.2) is 41.3 Å². The van der Waals surface area contributed by atoms with Crippen LogP contribution in [0.3, 0.4) is 0 Å². The zero-order valence-corrected chi connectivity index (χ0v) is 20.7. The molecule has 182 valence electrons. The van der Waals surface area contributed by atoms with Crippen molar-refractivity contribution < 1.29 is 24.2 Å². The number of fused-ring (bicyclic) bond motifs is 1. The van der Waals surface area contributed by atoms with Crippen molar-refractivity contribution >= 4 is 34.4 Å². The van der Waals surface area contributed by atoms with Gasteiger partial charge in [0.1, 0.15) is 11.8 Å². The van der Waals surface area contributed by atoms with Crippen LogP contribution in [0.5, 0.6) is 5.75 Å². The standard InChI is InChI=1S/C26H31ClN2O5/c1-5-6-13-34-26(32)16(2)28-24(30)15-21-17(3)29(23-12-11-20(33-4)14-22(21)23)25(31)18-7-9-19(27)10-8-18/h7-12,14,16,25,31H,5-6,13,15H2,1-4H3,(H,28,30)/t16-,25?/m0/s1. The molecule has 2 N–H and O–H groups in total. The quantitative estimate of drug-likeness (QED) is 0.324. The van der Waals surface area contributed by atoms with Crippen molar-refractivity contribution in [2.45, 2.75) is 52.3 Å². The Kier molecular flexibility index (Phi) is 8.58. The minimum atomic E-state index is -0.975. The second kappa shape index (κ2) is 11.4. The lowest BCUT2D eigenvalue weighted by Crippen LogP contribution is -2.40. The van der Waals surface area contributed by atoms with Gasteiger partial charge < -0.3 is 24.5 Å². The maximum absolute atomic E-state index is 12.9. The summed E-state index contributed by atoms with van der Waals surface area (Å²) in [4.78, 5) is 25.0. The van der Waals surface area contributed by atoms with Crippen LogP contribution in [-0.2, 0) is 20.7 Å². The monoisotopic (exact) mass is 486 g/mol. The molecular formula is C26H31ClN2O5. The van der Waals surface area contributed by atoms with E-state index in [0.717, 1.165) is 35.0 Å². The molecule has 0 saturated carbocycles. The molecule has 1 amide bonds. The normalized spacial score (nSPS) is 12.9. The molecule has 0 saturated heterocycles. The van der Waals surface area contributed by atoms with E-state index in [0.29, 0.717) is 22.9 Å². The van der Waals surface area contributed by atoms with Gasteiger partial charge in [-0.3, -0.25) is 4.79 Å². The number of methoxy groups -OCH3 is 1. The zero-order valence-electron chi connectivity index (χ0n) is 19.9. The van der Waals surface area contributed by atoms with Crippen LogP contribution in [0.2, 0.25) is 5.02 Å². The highest BCUT2D eigenvalue weighted by Gasteiger charge is 2.24. The Morgan fingerprint density at radius 2 is 1.88 bits per heavy atom. The highest BCUT2D eigenvalue weighted by Crippen LogP contribution is 2.34. The number of benzene rings is 2. The lowest BCUT2D eigenvalue weighted by atomic mass is 10.1. The number of aromatic nitrogens is 1. The summed E-state index contributed by atoms with van der Waals surface area (Å²) in [6.07, 6.45) is 0.756. The first-order valence-corrected chi connectivity index (χ1v) is 11.7. The maximum atomic E-state index is 12.9. The molecule has 3 rings (SSSR count). The molecule has 2 aromatic carbocycles. The number of aliphatic hydroxyl groups excluding tert-OH is 1. The molecule has 0 aliphatic rings. The average Bonchev–Trinajstić information content (AvgIpc) is 3.09. The fourth-order valence-electron chi connectivity index (χ4n) is 3.89. The molecule has 2 atom stereocenters. The van der Waals surface area contributed by atoms with Crippen molar-refractivity contribution in [3.8, 4) is 5.75 Å². The number of hydrogen-bond acceptors (Lipinski definition) is 5. The number of unbranched alkanes of at least 4 members (excludes halogenated alkanes) is 1. The van der Waals surface area contributed by atoms with E-state index in [-0.39, 0.29) is 12.3 Å². The van der Waals surface area contributed by atoms with Gasteiger partial charge in [0.05, 0.1) is 25.7 Å². The van der Waals surface area contributed by atoms with Crippen LogP contribution in [0.1, 0.15) is 49.7 Å². The number of ether oxygens (including phenoxy) is 2. The Labute approximate surface area is 204 Å². The van der Waals surface area contributed by atoms with Crippen LogP contribution in [0.4, 0.5) is 0 Å². The van der Waals surface area contributed by atoms with Gasteiger partial charge in [0.25, 0.3) is 0 Å². The fraction of sp³-hybridized carbons (Fsp3) is 0.385. The largest absolute Gasteiger partial charge is 0.497 e. The molecule has 1 heterocycles. The Hall–Kier alpha value is -3.03. The van der Waals surface area contributed by atoms with Gasteiger partial charge in [-0.05, 0) is 56.2 Å². The highest BCUT2D eigenvalue weighted by atomic mass is 35.5. The van der Waals surface area contributed by atoms with E-state index >= 15 is 0 Å². The van der Waals surface area contributed by atoms with Gasteiger partial charge in [-0.25, -0.2) is 4.79 Å². The Balaban J connectivity index is 1.91. The number of rotatable bonds is 10. The SMILES string of the molecule is CCCCOC(=O)[C@H](C)NC(=O)Cc1c(C)n(C(O)c2ccc(Cl)cc2)c2ccc(OC)cc12. The predicted octanol–water partition coefficient (Wildman–Crippen LogP) is 4.54. The first kappa shape index (κ1) is 25.6. The summed E-state index contributed by atoms with van der Waals surface area (Å²) in [5.74, 6) is -0.133. The van der Waals surface area contributed by atoms with E-state index in [1.807, 2.05) is 32.0 Å². The second-order valence-electron chi connectivity index (χ2n) is 8.23. The van der Waals surface area contributed by atoms with Gasteiger partial charge in [-0.15, -0.1) is 0 Å². The minimum absolute atomic E-state index is 0.0302. The van der Waals surface area contributed by atoms with Gasteiger partial charge >= 0.3 is 5.97 Å². The molecule has 0 spiro atoms. The number of hydrogen-bond donors (Lipinski definition) is 2. The van der Waals surface area contributed by atoms with Gasteiger partial charge in [-0.2, -0.15) is 0 Å². The molecule has 1 unspecified atom stereocenters. The Morgan fingerprint density at radius 1 is 1.18 bits per heavy atom. The summed E-state index contributed by atoms with van der Waals surface area (Å²) in [5, 5.41) is 15.3. The molecule has 0 aliphatic heterocycles. The summed E-state index contributed by atoms with van der Waals surface area (Å²) < 4.78 is 12.4. The number of carbonyl (C=O) groups is 2. The van der Waals surface area contributed by atoms with Gasteiger partial charge in [0.15, 0.2) is 6.23 Å². The van der Waals surface area contributed by atoms with Crippen molar-refractivity contribution in [1.29, 1.82) is 0 Å². The summed E-state index contributed by atoms with van der Waals surface area (Å²) >= 11 is 6.00. The number of esters is 1. The smallest absolute Gasteiger partial charge is 0.328 e. The number of nitrogens with one attached hydrogen (secondary N) is 1. The van der Waals surface area contributed by atoms with Crippen LogP contribution in [0, 0.1) is 6.92 Å². The third-order valence-electron chi connectivity index (χ3n) is 5.81. The number of halogens is 1. The molecule has 0 fully saturated rings. The highest BCUT2D eigenvalue weighted by molar-refractivity contribution is 6.30.